The highest BCUT2D eigenvalue weighted by molar-refractivity contribution is 5.85. The maximum atomic E-state index is 12.3. The first-order valence-corrected chi connectivity index (χ1v) is 16.3. The number of hydrogen-bond acceptors (Lipinski definition) is 3. The van der Waals surface area contributed by atoms with Crippen molar-refractivity contribution >= 4 is 5.71 Å². The van der Waals surface area contributed by atoms with Crippen LogP contribution < -0.4 is 10.6 Å². The highest BCUT2D eigenvalue weighted by Gasteiger charge is 2.58. The first kappa shape index (κ1) is 33.4. The number of rotatable bonds is 9. The summed E-state index contributed by atoms with van der Waals surface area (Å²) in [7, 11) is 0. The second kappa shape index (κ2) is 14.4. The molecule has 0 bridgehead atoms. The Labute approximate surface area is 243 Å². The summed E-state index contributed by atoms with van der Waals surface area (Å²) in [6, 6.07) is -0.338. The molecule has 0 aromatic heterocycles. The predicted molar refractivity (Wildman–Crippen MR) is 164 cm³/mol. The van der Waals surface area contributed by atoms with E-state index in [-0.39, 0.29) is 12.5 Å². The number of halogens is 3. The van der Waals surface area contributed by atoms with Gasteiger partial charge in [0.2, 0.25) is 0 Å². The third-order valence-electron chi connectivity index (χ3n) is 11.4. The number of fused-ring (bicyclic) bond motifs is 3. The molecule has 1 heterocycles. The van der Waals surface area contributed by atoms with Gasteiger partial charge in [-0.15, -0.1) is 0 Å². The molecule has 230 valence electrons. The Kier molecular flexibility index (Phi) is 12.0. The molecule has 4 aliphatic rings. The van der Waals surface area contributed by atoms with E-state index in [9.17, 15) is 13.2 Å². The lowest BCUT2D eigenvalue weighted by atomic mass is 9.47. The largest absolute Gasteiger partial charge is 0.393 e. The lowest BCUT2D eigenvalue weighted by molar-refractivity contribution is -0.176. The Morgan fingerprint density at radius 1 is 1.07 bits per heavy atom. The van der Waals surface area contributed by atoms with E-state index in [1.165, 1.54) is 57.1 Å². The van der Waals surface area contributed by atoms with E-state index >= 15 is 0 Å². The van der Waals surface area contributed by atoms with Crippen molar-refractivity contribution in [1.82, 2.24) is 10.6 Å². The molecule has 0 aromatic rings. The summed E-state index contributed by atoms with van der Waals surface area (Å²) >= 11 is 0. The van der Waals surface area contributed by atoms with Gasteiger partial charge < -0.3 is 5.32 Å². The van der Waals surface area contributed by atoms with E-state index in [0.29, 0.717) is 29.7 Å². The molecule has 6 heteroatoms. The zero-order valence-electron chi connectivity index (χ0n) is 26.3. The van der Waals surface area contributed by atoms with Crippen LogP contribution in [0.3, 0.4) is 0 Å². The third kappa shape index (κ3) is 7.07. The number of nitrogens with zero attached hydrogens (tertiary/aromatic N) is 1. The van der Waals surface area contributed by atoms with Gasteiger partial charge in [0, 0.05) is 17.7 Å². The summed E-state index contributed by atoms with van der Waals surface area (Å²) < 4.78 is 36.9. The lowest BCUT2D eigenvalue weighted by Crippen LogP contribution is -2.50. The number of nitrogens with one attached hydrogen (secondary N) is 2. The predicted octanol–water partition coefficient (Wildman–Crippen LogP) is 9.11. The Balaban J connectivity index is 0.000000307. The SMILES string of the molecule is C=C/C=C1/CCC2C(CCC3(C)C(/C(C)=N/CNCC)CCC23)C1(C)CCC.CCCC1NCCC1C(F)(F)F. The summed E-state index contributed by atoms with van der Waals surface area (Å²) in [5, 5.41) is 6.27. The first-order valence-electron chi connectivity index (χ1n) is 16.3. The Bertz CT molecular complexity index is 880. The number of allylic oxidation sites excluding steroid dienone is 3. The van der Waals surface area contributed by atoms with Gasteiger partial charge in [0.05, 0.1) is 12.6 Å². The molecule has 0 spiro atoms. The quantitative estimate of drug-likeness (QED) is 0.216. The van der Waals surface area contributed by atoms with Gasteiger partial charge in [0.25, 0.3) is 0 Å². The molecule has 0 amide bonds. The second-order valence-corrected chi connectivity index (χ2v) is 13.5. The van der Waals surface area contributed by atoms with Crippen molar-refractivity contribution in [2.24, 2.45) is 45.4 Å². The molecule has 1 saturated heterocycles. The van der Waals surface area contributed by atoms with E-state index in [2.05, 4.69) is 57.9 Å². The standard InChI is InChI=1S/C26H44N2.C8H14F3N/c1-7-10-20-11-12-21-23-14-13-22(19(4)28-18-27-9-3)26(23,6)17-15-24(21)25(20,5)16-8-2;1-2-3-7-6(4-5-12-7)8(9,10)11/h7,10,21-24,27H,1,8-9,11-18H2,2-6H3;6-7,12H,2-5H2,1H3/b20-10-,28-19+;. The fourth-order valence-corrected chi connectivity index (χ4v) is 9.47. The molecule has 8 unspecified atom stereocenters. The van der Waals surface area contributed by atoms with E-state index in [1.807, 2.05) is 13.0 Å². The molecule has 2 N–H and O–H groups in total. The molecule has 3 saturated carbocycles. The molecule has 4 rings (SSSR count). The summed E-state index contributed by atoms with van der Waals surface area (Å²) in [6.07, 6.45) is 12.9. The van der Waals surface area contributed by atoms with Crippen LogP contribution >= 0.6 is 0 Å². The van der Waals surface area contributed by atoms with E-state index < -0.39 is 12.1 Å². The van der Waals surface area contributed by atoms with Crippen molar-refractivity contribution < 1.29 is 13.2 Å². The normalized spacial score (nSPS) is 38.9. The van der Waals surface area contributed by atoms with Crippen molar-refractivity contribution in [3.8, 4) is 0 Å². The van der Waals surface area contributed by atoms with E-state index in [0.717, 1.165) is 37.4 Å². The van der Waals surface area contributed by atoms with Crippen molar-refractivity contribution in [3.05, 3.63) is 24.3 Å². The first-order chi connectivity index (χ1) is 19.0. The second-order valence-electron chi connectivity index (χ2n) is 13.5. The van der Waals surface area contributed by atoms with Crippen LogP contribution in [0.2, 0.25) is 0 Å². The molecule has 1 aliphatic heterocycles. The van der Waals surface area contributed by atoms with Crippen LogP contribution in [-0.4, -0.2) is 37.7 Å². The summed E-state index contributed by atoms with van der Waals surface area (Å²) in [6.45, 7) is 20.2. The fraction of sp³-hybridized carbons (Fsp3) is 0.853. The van der Waals surface area contributed by atoms with Gasteiger partial charge in [-0.05, 0) is 106 Å². The van der Waals surface area contributed by atoms with Crippen LogP contribution in [0.25, 0.3) is 0 Å². The number of aliphatic imine (C=N–C) groups is 1. The van der Waals surface area contributed by atoms with Crippen LogP contribution in [0.1, 0.15) is 112 Å². The molecule has 4 fully saturated rings. The minimum absolute atomic E-state index is 0.244. The van der Waals surface area contributed by atoms with Gasteiger partial charge in [0.15, 0.2) is 0 Å². The van der Waals surface area contributed by atoms with Gasteiger partial charge in [-0.1, -0.05) is 71.8 Å². The number of alkyl halides is 3. The van der Waals surface area contributed by atoms with E-state index in [1.54, 1.807) is 5.57 Å². The lowest BCUT2D eigenvalue weighted by Gasteiger charge is -2.57. The molecule has 0 aromatic carbocycles. The van der Waals surface area contributed by atoms with Gasteiger partial charge in [0.1, 0.15) is 0 Å². The maximum absolute atomic E-state index is 12.3. The fourth-order valence-electron chi connectivity index (χ4n) is 9.47. The van der Waals surface area contributed by atoms with Crippen LogP contribution in [0.5, 0.6) is 0 Å². The summed E-state index contributed by atoms with van der Waals surface area (Å²) in [4.78, 5) is 4.92. The highest BCUT2D eigenvalue weighted by Crippen LogP contribution is 2.66. The van der Waals surface area contributed by atoms with Crippen molar-refractivity contribution in [2.45, 2.75) is 124 Å². The zero-order valence-corrected chi connectivity index (χ0v) is 26.3. The minimum Gasteiger partial charge on any atom is -0.313 e. The van der Waals surface area contributed by atoms with Crippen LogP contribution in [-0.2, 0) is 0 Å². The van der Waals surface area contributed by atoms with Crippen LogP contribution in [0.15, 0.2) is 29.3 Å². The highest BCUT2D eigenvalue weighted by atomic mass is 19.4. The topological polar surface area (TPSA) is 36.4 Å². The maximum Gasteiger partial charge on any atom is 0.393 e. The molecule has 8 atom stereocenters. The number of hydrogen-bond donors (Lipinski definition) is 2. The average Bonchev–Trinajstić information content (AvgIpc) is 3.51. The smallest absolute Gasteiger partial charge is 0.313 e. The molecular formula is C34H58F3N3. The average molecular weight is 566 g/mol. The molecule has 0 radical (unpaired) electrons. The van der Waals surface area contributed by atoms with Crippen LogP contribution in [0.4, 0.5) is 13.2 Å². The molecule has 3 nitrogen and oxygen atoms in total. The minimum atomic E-state index is -4.01. The van der Waals surface area contributed by atoms with Gasteiger partial charge >= 0.3 is 6.18 Å². The van der Waals surface area contributed by atoms with Gasteiger partial charge in [-0.25, -0.2) is 0 Å². The van der Waals surface area contributed by atoms with Crippen molar-refractivity contribution in [1.29, 1.82) is 0 Å². The van der Waals surface area contributed by atoms with E-state index in [4.69, 9.17) is 4.99 Å². The Morgan fingerprint density at radius 3 is 2.45 bits per heavy atom. The molecular weight excluding hydrogens is 507 g/mol. The summed E-state index contributed by atoms with van der Waals surface area (Å²) in [5.41, 5.74) is 3.95. The molecule has 3 aliphatic carbocycles. The van der Waals surface area contributed by atoms with Crippen molar-refractivity contribution in [3.63, 3.8) is 0 Å². The zero-order chi connectivity index (χ0) is 29.6. The Morgan fingerprint density at radius 2 is 1.82 bits per heavy atom. The van der Waals surface area contributed by atoms with Gasteiger partial charge in [-0.3, -0.25) is 10.3 Å². The summed E-state index contributed by atoms with van der Waals surface area (Å²) in [5.74, 6) is 2.24. The van der Waals surface area contributed by atoms with Crippen molar-refractivity contribution in [2.75, 3.05) is 19.8 Å². The third-order valence-corrected chi connectivity index (χ3v) is 11.4. The Hall–Kier alpha value is -1.14. The van der Waals surface area contributed by atoms with Gasteiger partial charge in [-0.2, -0.15) is 13.2 Å². The molecule has 40 heavy (non-hydrogen) atoms. The van der Waals surface area contributed by atoms with Crippen LogP contribution in [0, 0.1) is 40.4 Å². The monoisotopic (exact) mass is 565 g/mol.